The fourth-order valence-electron chi connectivity index (χ4n) is 1.74. The van der Waals surface area contributed by atoms with Crippen molar-refractivity contribution in [3.05, 3.63) is 58.6 Å². The van der Waals surface area contributed by atoms with E-state index in [4.69, 9.17) is 16.3 Å². The first kappa shape index (κ1) is 20.3. The minimum absolute atomic E-state index is 0.170. The Hall–Kier alpha value is -1.67. The highest BCUT2D eigenvalue weighted by molar-refractivity contribution is 6.32. The number of ether oxygens (including phenoxy) is 1. The average Bonchev–Trinajstić information content (AvgIpc) is 2.55. The van der Waals surface area contributed by atoms with E-state index in [1.54, 1.807) is 18.2 Å². The molecule has 1 atom stereocenters. The number of phenols is 1. The summed E-state index contributed by atoms with van der Waals surface area (Å²) in [5, 5.41) is 10.0. The van der Waals surface area contributed by atoms with Gasteiger partial charge in [-0.15, -0.1) is 0 Å². The van der Waals surface area contributed by atoms with Gasteiger partial charge < -0.3 is 9.84 Å². The Morgan fingerprint density at radius 1 is 1.00 bits per heavy atom. The molecule has 1 unspecified atom stereocenters. The summed E-state index contributed by atoms with van der Waals surface area (Å²) in [5.74, 6) is 0.894. The molecule has 0 aliphatic heterocycles. The van der Waals surface area contributed by atoms with Crippen LogP contribution in [0.5, 0.6) is 11.5 Å². The lowest BCUT2D eigenvalue weighted by molar-refractivity contribution is 0.226. The molecule has 0 amide bonds. The number of halogens is 1. The molecule has 3 heteroatoms. The molecule has 0 aromatic heterocycles. The predicted octanol–water partition coefficient (Wildman–Crippen LogP) is 6.55. The zero-order chi connectivity index (χ0) is 17.1. The molecular weight excluding hydrogens is 296 g/mol. The van der Waals surface area contributed by atoms with Crippen molar-refractivity contribution in [2.24, 2.45) is 0 Å². The van der Waals surface area contributed by atoms with Crippen molar-refractivity contribution in [1.29, 1.82) is 0 Å². The van der Waals surface area contributed by atoms with E-state index in [0.29, 0.717) is 10.8 Å². The van der Waals surface area contributed by atoms with Crippen LogP contribution in [0.25, 0.3) is 0 Å². The molecule has 0 spiro atoms. The normalized spacial score (nSPS) is 10.5. The molecule has 2 aromatic carbocycles. The molecule has 2 nitrogen and oxygen atoms in total. The number of aryl methyl sites for hydroxylation is 1. The molecule has 0 saturated carbocycles. The summed E-state index contributed by atoms with van der Waals surface area (Å²) in [7, 11) is 0. The molecule has 22 heavy (non-hydrogen) atoms. The first-order chi connectivity index (χ1) is 10.6. The van der Waals surface area contributed by atoms with Crippen LogP contribution in [0, 0.1) is 6.92 Å². The first-order valence-corrected chi connectivity index (χ1v) is 8.16. The maximum absolute atomic E-state index is 9.45. The van der Waals surface area contributed by atoms with Gasteiger partial charge in [-0.2, -0.15) is 0 Å². The summed E-state index contributed by atoms with van der Waals surface area (Å²) in [6.45, 7) is 11.9. The minimum atomic E-state index is -0.170. The van der Waals surface area contributed by atoms with Crippen molar-refractivity contribution in [3.63, 3.8) is 0 Å². The Balaban J connectivity index is 0.00000102. The second-order valence-electron chi connectivity index (χ2n) is 4.29. The Labute approximate surface area is 139 Å². The van der Waals surface area contributed by atoms with E-state index < -0.39 is 0 Å². The van der Waals surface area contributed by atoms with Crippen molar-refractivity contribution in [1.82, 2.24) is 0 Å². The summed E-state index contributed by atoms with van der Waals surface area (Å²) in [6.07, 6.45) is -0.170. The first-order valence-electron chi connectivity index (χ1n) is 7.78. The van der Waals surface area contributed by atoms with E-state index in [2.05, 4.69) is 0 Å². The van der Waals surface area contributed by atoms with Crippen LogP contribution >= 0.6 is 11.6 Å². The highest BCUT2D eigenvalue weighted by atomic mass is 35.5. The van der Waals surface area contributed by atoms with Crippen LogP contribution in [-0.2, 0) is 0 Å². The zero-order valence-electron chi connectivity index (χ0n) is 14.4. The third-order valence-corrected chi connectivity index (χ3v) is 3.04. The van der Waals surface area contributed by atoms with Crippen molar-refractivity contribution in [2.75, 3.05) is 0 Å². The Morgan fingerprint density at radius 2 is 1.64 bits per heavy atom. The smallest absolute Gasteiger partial charge is 0.139 e. The van der Waals surface area contributed by atoms with E-state index in [-0.39, 0.29) is 11.9 Å². The zero-order valence-corrected chi connectivity index (χ0v) is 15.1. The van der Waals surface area contributed by atoms with Gasteiger partial charge in [0.1, 0.15) is 17.6 Å². The number of benzene rings is 2. The molecule has 0 bridgehead atoms. The van der Waals surface area contributed by atoms with Crippen LogP contribution < -0.4 is 4.74 Å². The van der Waals surface area contributed by atoms with Gasteiger partial charge >= 0.3 is 0 Å². The van der Waals surface area contributed by atoms with E-state index in [1.807, 2.05) is 65.8 Å². The number of hydrogen-bond acceptors (Lipinski definition) is 2. The fraction of sp³-hybridized carbons (Fsp3) is 0.368. The molecule has 0 aliphatic carbocycles. The largest absolute Gasteiger partial charge is 0.508 e. The summed E-state index contributed by atoms with van der Waals surface area (Å²) < 4.78 is 5.82. The fourth-order valence-corrected chi connectivity index (χ4v) is 1.90. The second-order valence-corrected chi connectivity index (χ2v) is 4.70. The van der Waals surface area contributed by atoms with Crippen molar-refractivity contribution < 1.29 is 9.84 Å². The molecule has 0 heterocycles. The summed E-state index contributed by atoms with van der Waals surface area (Å²) >= 11 is 6.08. The molecule has 0 saturated heterocycles. The quantitative estimate of drug-likeness (QED) is 0.694. The van der Waals surface area contributed by atoms with Crippen LogP contribution in [0.15, 0.2) is 42.5 Å². The van der Waals surface area contributed by atoms with Gasteiger partial charge in [-0.1, -0.05) is 57.5 Å². The Morgan fingerprint density at radius 3 is 2.23 bits per heavy atom. The van der Waals surface area contributed by atoms with Gasteiger partial charge in [0, 0.05) is 0 Å². The molecule has 1 N–H and O–H groups in total. The monoisotopic (exact) mass is 322 g/mol. The Bertz CT molecular complexity index is 553. The van der Waals surface area contributed by atoms with Gasteiger partial charge in [-0.3, -0.25) is 0 Å². The van der Waals surface area contributed by atoms with E-state index in [1.165, 1.54) is 0 Å². The highest BCUT2D eigenvalue weighted by Gasteiger charge is 2.10. The lowest BCUT2D eigenvalue weighted by Crippen LogP contribution is -2.03. The maximum Gasteiger partial charge on any atom is 0.139 e. The summed E-state index contributed by atoms with van der Waals surface area (Å²) in [4.78, 5) is 0. The van der Waals surface area contributed by atoms with E-state index >= 15 is 0 Å². The van der Waals surface area contributed by atoms with Crippen LogP contribution in [0.2, 0.25) is 5.02 Å². The van der Waals surface area contributed by atoms with Gasteiger partial charge in [-0.05, 0) is 49.2 Å². The molecule has 0 fully saturated rings. The number of phenolic OH excluding ortho intramolecular Hbond substituents is 1. The Kier molecular flexibility index (Phi) is 10.1. The summed E-state index contributed by atoms with van der Waals surface area (Å²) in [5.41, 5.74) is 2.00. The number of rotatable bonds is 3. The van der Waals surface area contributed by atoms with Crippen LogP contribution in [0.1, 0.15) is 51.8 Å². The predicted molar refractivity (Wildman–Crippen MR) is 96.0 cm³/mol. The lowest BCUT2D eigenvalue weighted by Gasteiger charge is -2.16. The van der Waals surface area contributed by atoms with Gasteiger partial charge in [0.15, 0.2) is 0 Å². The van der Waals surface area contributed by atoms with Crippen molar-refractivity contribution >= 4 is 11.6 Å². The van der Waals surface area contributed by atoms with E-state index in [0.717, 1.165) is 11.1 Å². The molecular formula is C19H27ClO2. The van der Waals surface area contributed by atoms with Gasteiger partial charge in [0.05, 0.1) is 5.02 Å². The SMILES string of the molecule is CC.CC.Cc1ccc(Cl)c(OC(C)c2cccc(O)c2)c1. The third-order valence-electron chi connectivity index (χ3n) is 2.73. The topological polar surface area (TPSA) is 29.5 Å². The third kappa shape index (κ3) is 6.40. The van der Waals surface area contributed by atoms with Crippen LogP contribution in [0.3, 0.4) is 0 Å². The molecule has 2 rings (SSSR count). The summed E-state index contributed by atoms with van der Waals surface area (Å²) in [6, 6.07) is 12.7. The van der Waals surface area contributed by atoms with Gasteiger partial charge in [0.2, 0.25) is 0 Å². The standard InChI is InChI=1S/C15H15ClO2.2C2H6/c1-10-6-7-14(16)15(8-10)18-11(2)12-4-3-5-13(17)9-12;2*1-2/h3-9,11,17H,1-2H3;2*1-2H3. The lowest BCUT2D eigenvalue weighted by atomic mass is 10.1. The van der Waals surface area contributed by atoms with Crippen LogP contribution in [-0.4, -0.2) is 5.11 Å². The highest BCUT2D eigenvalue weighted by Crippen LogP contribution is 2.30. The van der Waals surface area contributed by atoms with E-state index in [9.17, 15) is 5.11 Å². The maximum atomic E-state index is 9.45. The van der Waals surface area contributed by atoms with Crippen molar-refractivity contribution in [2.45, 2.75) is 47.6 Å². The molecule has 122 valence electrons. The number of hydrogen-bond donors (Lipinski definition) is 1. The molecule has 2 aromatic rings. The van der Waals surface area contributed by atoms with Crippen LogP contribution in [0.4, 0.5) is 0 Å². The second kappa shape index (κ2) is 11.0. The molecule has 0 aliphatic rings. The minimum Gasteiger partial charge on any atom is -0.508 e. The molecule has 0 radical (unpaired) electrons. The number of aromatic hydroxyl groups is 1. The average molecular weight is 323 g/mol. The van der Waals surface area contributed by atoms with Gasteiger partial charge in [0.25, 0.3) is 0 Å². The van der Waals surface area contributed by atoms with Gasteiger partial charge in [-0.25, -0.2) is 0 Å². The van der Waals surface area contributed by atoms with Crippen molar-refractivity contribution in [3.8, 4) is 11.5 Å².